The lowest BCUT2D eigenvalue weighted by molar-refractivity contribution is 0.385. The van der Waals surface area contributed by atoms with Crippen molar-refractivity contribution in [1.82, 2.24) is 10.3 Å². The number of rotatable bonds is 3. The Morgan fingerprint density at radius 1 is 1.12 bits per heavy atom. The van der Waals surface area contributed by atoms with E-state index in [1.165, 1.54) is 32.1 Å². The molecular weight excluding hydrogens is 440 g/mol. The SMILES string of the molecule is CC/C=C(\c1cc(C#N)c(C)cc1C)c1cncc(N)c1C.CC1CCCCC1.CNC.O=S. The number of pyridine rings is 1. The van der Waals surface area contributed by atoms with Gasteiger partial charge in [0.2, 0.25) is 0 Å². The van der Waals surface area contributed by atoms with Crippen molar-refractivity contribution in [2.24, 2.45) is 5.92 Å². The zero-order valence-corrected chi connectivity index (χ0v) is 22.8. The van der Waals surface area contributed by atoms with Gasteiger partial charge in [0, 0.05) is 11.8 Å². The molecule has 34 heavy (non-hydrogen) atoms. The van der Waals surface area contributed by atoms with Crippen molar-refractivity contribution >= 4 is 23.8 Å². The highest BCUT2D eigenvalue weighted by molar-refractivity contribution is 7.44. The molecule has 0 spiro atoms. The number of nitrogens with zero attached hydrogens (tertiary/aromatic N) is 2. The molecule has 1 aliphatic rings. The number of aryl methyl sites for hydroxylation is 2. The van der Waals surface area contributed by atoms with Gasteiger partial charge in [-0.2, -0.15) is 9.47 Å². The molecule has 0 amide bonds. The maximum absolute atomic E-state index is 9.31. The first kappa shape index (κ1) is 31.4. The molecule has 6 heteroatoms. The van der Waals surface area contributed by atoms with Gasteiger partial charge in [-0.1, -0.05) is 58.1 Å². The van der Waals surface area contributed by atoms with Crippen LogP contribution in [0.1, 0.15) is 85.8 Å². The van der Waals surface area contributed by atoms with Crippen molar-refractivity contribution in [3.8, 4) is 6.07 Å². The molecule has 0 unspecified atom stereocenters. The number of nitrogens with one attached hydrogen (secondary N) is 1. The van der Waals surface area contributed by atoms with E-state index in [-0.39, 0.29) is 0 Å². The van der Waals surface area contributed by atoms with Crippen molar-refractivity contribution in [2.75, 3.05) is 19.8 Å². The summed E-state index contributed by atoms with van der Waals surface area (Å²) >= 11 is 2.83. The van der Waals surface area contributed by atoms with Crippen LogP contribution in [0.4, 0.5) is 5.69 Å². The maximum Gasteiger partial charge on any atom is 0.197 e. The molecule has 1 aromatic carbocycles. The second-order valence-corrected chi connectivity index (χ2v) is 8.76. The van der Waals surface area contributed by atoms with Gasteiger partial charge in [0.15, 0.2) is 12.5 Å². The predicted molar refractivity (Wildman–Crippen MR) is 147 cm³/mol. The van der Waals surface area contributed by atoms with Crippen LogP contribution in [-0.2, 0) is 12.5 Å². The molecule has 0 radical (unpaired) electrons. The lowest BCUT2D eigenvalue weighted by Crippen LogP contribution is -2.00. The molecular formula is C28H42N4OS. The Morgan fingerprint density at radius 3 is 2.18 bits per heavy atom. The average Bonchev–Trinajstić information content (AvgIpc) is 2.83. The third-order valence-electron chi connectivity index (χ3n) is 5.83. The molecule has 0 bridgehead atoms. The second-order valence-electron chi connectivity index (χ2n) is 8.76. The molecule has 0 aliphatic heterocycles. The Bertz CT molecular complexity index is 944. The van der Waals surface area contributed by atoms with Gasteiger partial charge in [-0.25, -0.2) is 0 Å². The molecule has 0 saturated heterocycles. The van der Waals surface area contributed by atoms with Gasteiger partial charge in [-0.05, 0) is 81.1 Å². The number of nitriles is 1. The summed E-state index contributed by atoms with van der Waals surface area (Å²) < 4.78 is 7.83. The van der Waals surface area contributed by atoms with Crippen molar-refractivity contribution in [2.45, 2.75) is 73.1 Å². The molecule has 3 N–H and O–H groups in total. The zero-order valence-electron chi connectivity index (χ0n) is 22.0. The van der Waals surface area contributed by atoms with Gasteiger partial charge in [0.1, 0.15) is 0 Å². The number of nitrogens with two attached hydrogens (primary N) is 1. The quantitative estimate of drug-likeness (QED) is 0.527. The van der Waals surface area contributed by atoms with Crippen LogP contribution < -0.4 is 11.1 Å². The third-order valence-corrected chi connectivity index (χ3v) is 5.83. The number of hydrogen-bond donors (Lipinski definition) is 2. The van der Waals surface area contributed by atoms with Crippen molar-refractivity contribution in [1.29, 1.82) is 5.26 Å². The van der Waals surface area contributed by atoms with E-state index in [0.29, 0.717) is 11.3 Å². The fourth-order valence-electron chi connectivity index (χ4n) is 3.95. The van der Waals surface area contributed by atoms with E-state index in [4.69, 9.17) is 9.94 Å². The highest BCUT2D eigenvalue weighted by Gasteiger charge is 2.14. The van der Waals surface area contributed by atoms with E-state index in [0.717, 1.165) is 45.7 Å². The fraction of sp³-hybridized carbons (Fsp3) is 0.500. The Hall–Kier alpha value is -2.62. The summed E-state index contributed by atoms with van der Waals surface area (Å²) in [6.07, 6.45) is 14.0. The number of benzene rings is 1. The molecule has 3 rings (SSSR count). The standard InChI is InChI=1S/C19H21N3.C7H14.C2H7N.OS/c1-5-6-16(18-10-22-11-19(21)14(18)4)17-8-15(9-20)12(2)7-13(17)3;1-7-5-3-2-4-6-7;1-3-2;1-2/h6-8,10-11H,5,21H2,1-4H3;7H,2-6H2,1H3;3H,1-2H3;/b16-6+;;;. The van der Waals surface area contributed by atoms with Crippen molar-refractivity contribution in [3.05, 3.63) is 64.0 Å². The first-order valence-electron chi connectivity index (χ1n) is 12.0. The smallest absolute Gasteiger partial charge is 0.197 e. The molecule has 186 valence electrons. The minimum atomic E-state index is 0.685. The fourth-order valence-corrected chi connectivity index (χ4v) is 3.95. The van der Waals surface area contributed by atoms with Crippen LogP contribution in [-0.4, -0.2) is 23.3 Å². The van der Waals surface area contributed by atoms with Crippen LogP contribution in [0.2, 0.25) is 0 Å². The molecule has 0 atom stereocenters. The average molecular weight is 483 g/mol. The molecule has 1 fully saturated rings. The van der Waals surface area contributed by atoms with Gasteiger partial charge in [0.05, 0.1) is 23.5 Å². The number of nitrogen functional groups attached to an aromatic ring is 1. The molecule has 5 nitrogen and oxygen atoms in total. The van der Waals surface area contributed by atoms with Crippen LogP contribution in [0.15, 0.2) is 30.6 Å². The topological polar surface area (TPSA) is 91.8 Å². The minimum absolute atomic E-state index is 0.685. The van der Waals surface area contributed by atoms with Gasteiger partial charge in [0.25, 0.3) is 0 Å². The Kier molecular flexibility index (Phi) is 16.4. The second kappa shape index (κ2) is 17.8. The maximum atomic E-state index is 9.31. The van der Waals surface area contributed by atoms with E-state index < -0.39 is 0 Å². The van der Waals surface area contributed by atoms with Gasteiger partial charge in [-0.3, -0.25) is 4.98 Å². The summed E-state index contributed by atoms with van der Waals surface area (Å²) in [6, 6.07) is 6.30. The van der Waals surface area contributed by atoms with Crippen LogP contribution in [0.5, 0.6) is 0 Å². The van der Waals surface area contributed by atoms with Gasteiger partial charge < -0.3 is 11.1 Å². The monoisotopic (exact) mass is 482 g/mol. The normalized spacial score (nSPS) is 13.2. The lowest BCUT2D eigenvalue weighted by Gasteiger charge is -2.16. The summed E-state index contributed by atoms with van der Waals surface area (Å²) in [5.41, 5.74) is 13.8. The number of anilines is 1. The third kappa shape index (κ3) is 10.1. The summed E-state index contributed by atoms with van der Waals surface area (Å²) in [7, 11) is 3.75. The Balaban J connectivity index is 0.000000750. The van der Waals surface area contributed by atoms with E-state index in [9.17, 15) is 5.26 Å². The van der Waals surface area contributed by atoms with Crippen LogP contribution in [0.3, 0.4) is 0 Å². The van der Waals surface area contributed by atoms with Gasteiger partial charge in [-0.15, -0.1) is 0 Å². The first-order valence-corrected chi connectivity index (χ1v) is 12.3. The van der Waals surface area contributed by atoms with E-state index in [1.54, 1.807) is 6.20 Å². The van der Waals surface area contributed by atoms with Crippen LogP contribution >= 0.6 is 0 Å². The lowest BCUT2D eigenvalue weighted by atomic mass is 9.89. The number of aromatic nitrogens is 1. The molecule has 1 aromatic heterocycles. The summed E-state index contributed by atoms with van der Waals surface area (Å²) in [5.74, 6) is 1.04. The number of hydrogen-bond acceptors (Lipinski definition) is 6. The molecule has 1 saturated carbocycles. The van der Waals surface area contributed by atoms with Crippen molar-refractivity contribution < 1.29 is 4.21 Å². The molecule has 1 aliphatic carbocycles. The molecule has 1 heterocycles. The Labute approximate surface area is 212 Å². The highest BCUT2D eigenvalue weighted by Crippen LogP contribution is 2.32. The molecule has 2 aromatic rings. The zero-order chi connectivity index (χ0) is 26.1. The van der Waals surface area contributed by atoms with E-state index in [1.807, 2.05) is 40.2 Å². The van der Waals surface area contributed by atoms with Gasteiger partial charge >= 0.3 is 0 Å². The summed E-state index contributed by atoms with van der Waals surface area (Å²) in [6.45, 7) is 10.5. The number of allylic oxidation sites excluding steroid dienone is 1. The predicted octanol–water partition coefficient (Wildman–Crippen LogP) is 6.39. The largest absolute Gasteiger partial charge is 0.397 e. The summed E-state index contributed by atoms with van der Waals surface area (Å²) in [5, 5.41) is 12.1. The van der Waals surface area contributed by atoms with E-state index in [2.05, 4.69) is 61.8 Å². The van der Waals surface area contributed by atoms with Crippen molar-refractivity contribution in [3.63, 3.8) is 0 Å². The minimum Gasteiger partial charge on any atom is -0.397 e. The highest BCUT2D eigenvalue weighted by atomic mass is 32.1. The van der Waals surface area contributed by atoms with E-state index >= 15 is 0 Å². The van der Waals surface area contributed by atoms with Crippen LogP contribution in [0, 0.1) is 38.0 Å². The first-order chi connectivity index (χ1) is 16.3. The Morgan fingerprint density at radius 2 is 1.71 bits per heavy atom. The van der Waals surface area contributed by atoms with Crippen LogP contribution in [0.25, 0.3) is 5.57 Å². The summed E-state index contributed by atoms with van der Waals surface area (Å²) in [4.78, 5) is 4.23.